The number of ether oxygens (including phenoxy) is 1. The topological polar surface area (TPSA) is 29.5 Å². The molecule has 0 aromatic rings. The Morgan fingerprint density at radius 3 is 2.44 bits per heavy atom. The third-order valence-electron chi connectivity index (χ3n) is 3.20. The maximum atomic E-state index is 12.1. The average Bonchev–Trinajstić information content (AvgIpc) is 2.27. The number of hydrogen-bond acceptors (Lipinski definition) is 2. The van der Waals surface area contributed by atoms with Crippen LogP contribution < -0.4 is 0 Å². The second kappa shape index (κ2) is 6.81. The molecule has 0 aromatic carbocycles. The lowest BCUT2D eigenvalue weighted by Crippen LogP contribution is -2.40. The molecule has 0 heterocycles. The summed E-state index contributed by atoms with van der Waals surface area (Å²) in [5.41, 5.74) is -0.428. The van der Waals surface area contributed by atoms with Gasteiger partial charge in [-0.25, -0.2) is 4.79 Å². The Morgan fingerprint density at radius 1 is 1.33 bits per heavy atom. The number of carbonyl (C=O) groups excluding carboxylic acids is 1. The minimum atomic E-state index is -0.428. The van der Waals surface area contributed by atoms with Gasteiger partial charge in [0.2, 0.25) is 0 Å². The molecular weight excluding hydrogens is 226 g/mol. The zero-order chi connectivity index (χ0) is 13.6. The predicted octanol–water partition coefficient (Wildman–Crippen LogP) is 3.99. The summed E-state index contributed by atoms with van der Waals surface area (Å²) in [4.78, 5) is 13.9. The van der Waals surface area contributed by atoms with Gasteiger partial charge in [0.1, 0.15) is 5.60 Å². The van der Waals surface area contributed by atoms with E-state index in [2.05, 4.69) is 6.58 Å². The molecule has 18 heavy (non-hydrogen) atoms. The zero-order valence-corrected chi connectivity index (χ0v) is 12.1. The molecule has 0 N–H and O–H groups in total. The second-order valence-corrected chi connectivity index (χ2v) is 6.18. The van der Waals surface area contributed by atoms with Crippen LogP contribution in [-0.4, -0.2) is 29.7 Å². The Labute approximate surface area is 111 Å². The maximum absolute atomic E-state index is 12.1. The molecule has 1 saturated carbocycles. The summed E-state index contributed by atoms with van der Waals surface area (Å²) < 4.78 is 5.43. The van der Waals surface area contributed by atoms with Crippen LogP contribution in [0.15, 0.2) is 12.7 Å². The largest absolute Gasteiger partial charge is 0.444 e. The fraction of sp³-hybridized carbons (Fsp3) is 0.800. The van der Waals surface area contributed by atoms with E-state index in [0.717, 1.165) is 6.54 Å². The summed E-state index contributed by atoms with van der Waals surface area (Å²) >= 11 is 0. The summed E-state index contributed by atoms with van der Waals surface area (Å²) in [5.74, 6) is 0.631. The fourth-order valence-electron chi connectivity index (χ4n) is 2.39. The quantitative estimate of drug-likeness (QED) is 0.709. The van der Waals surface area contributed by atoms with Gasteiger partial charge in [-0.1, -0.05) is 25.3 Å². The van der Waals surface area contributed by atoms with E-state index in [1.165, 1.54) is 32.1 Å². The Kier molecular flexibility index (Phi) is 5.70. The van der Waals surface area contributed by atoms with E-state index in [-0.39, 0.29) is 6.09 Å². The highest BCUT2D eigenvalue weighted by Gasteiger charge is 2.24. The van der Waals surface area contributed by atoms with Gasteiger partial charge >= 0.3 is 6.09 Å². The molecule has 0 spiro atoms. The van der Waals surface area contributed by atoms with E-state index in [1.807, 2.05) is 20.8 Å². The van der Waals surface area contributed by atoms with Gasteiger partial charge in [0.05, 0.1) is 0 Å². The molecule has 0 unspecified atom stereocenters. The molecule has 0 aliphatic heterocycles. The van der Waals surface area contributed by atoms with Crippen molar-refractivity contribution in [2.24, 2.45) is 5.92 Å². The highest BCUT2D eigenvalue weighted by molar-refractivity contribution is 5.68. The molecule has 0 saturated heterocycles. The molecule has 0 bridgehead atoms. The van der Waals surface area contributed by atoms with Crippen molar-refractivity contribution in [1.29, 1.82) is 0 Å². The standard InChI is InChI=1S/C15H27NO2/c1-5-11-16(14(17)18-15(2,3)4)12-13-9-7-6-8-10-13/h5,13H,1,6-12H2,2-4H3. The first-order valence-corrected chi connectivity index (χ1v) is 7.01. The van der Waals surface area contributed by atoms with Crippen LogP contribution in [-0.2, 0) is 4.74 Å². The van der Waals surface area contributed by atoms with E-state index in [0.29, 0.717) is 12.5 Å². The van der Waals surface area contributed by atoms with Crippen molar-refractivity contribution in [3.8, 4) is 0 Å². The summed E-state index contributed by atoms with van der Waals surface area (Å²) in [6.07, 6.45) is 7.94. The van der Waals surface area contributed by atoms with Gasteiger partial charge in [-0.05, 0) is 39.5 Å². The van der Waals surface area contributed by atoms with Crippen LogP contribution in [0.2, 0.25) is 0 Å². The maximum Gasteiger partial charge on any atom is 0.410 e. The lowest BCUT2D eigenvalue weighted by atomic mass is 9.89. The fourth-order valence-corrected chi connectivity index (χ4v) is 2.39. The van der Waals surface area contributed by atoms with Crippen LogP contribution in [0.5, 0.6) is 0 Å². The zero-order valence-electron chi connectivity index (χ0n) is 12.1. The Hall–Kier alpha value is -0.990. The van der Waals surface area contributed by atoms with Gasteiger partial charge in [-0.15, -0.1) is 6.58 Å². The smallest absolute Gasteiger partial charge is 0.410 e. The van der Waals surface area contributed by atoms with Crippen LogP contribution in [0.25, 0.3) is 0 Å². The lowest BCUT2D eigenvalue weighted by molar-refractivity contribution is 0.0232. The first kappa shape index (κ1) is 15.1. The molecule has 0 atom stereocenters. The van der Waals surface area contributed by atoms with E-state index in [9.17, 15) is 4.79 Å². The number of hydrogen-bond donors (Lipinski definition) is 0. The van der Waals surface area contributed by atoms with Crippen LogP contribution in [0.4, 0.5) is 4.79 Å². The monoisotopic (exact) mass is 253 g/mol. The molecule has 0 aromatic heterocycles. The van der Waals surface area contributed by atoms with Crippen molar-refractivity contribution in [2.45, 2.75) is 58.5 Å². The minimum absolute atomic E-state index is 0.215. The van der Waals surface area contributed by atoms with Crippen LogP contribution >= 0.6 is 0 Å². The molecule has 1 rings (SSSR count). The molecule has 1 amide bonds. The number of carbonyl (C=O) groups is 1. The third kappa shape index (κ3) is 5.56. The molecule has 3 nitrogen and oxygen atoms in total. The van der Waals surface area contributed by atoms with Crippen molar-refractivity contribution < 1.29 is 9.53 Å². The molecule has 1 aliphatic carbocycles. The van der Waals surface area contributed by atoms with E-state index in [4.69, 9.17) is 4.74 Å². The highest BCUT2D eigenvalue weighted by Crippen LogP contribution is 2.25. The van der Waals surface area contributed by atoms with Crippen molar-refractivity contribution >= 4 is 6.09 Å². The van der Waals surface area contributed by atoms with Crippen LogP contribution in [0, 0.1) is 5.92 Å². The van der Waals surface area contributed by atoms with Crippen LogP contribution in [0.3, 0.4) is 0 Å². The highest BCUT2D eigenvalue weighted by atomic mass is 16.6. The molecule has 0 radical (unpaired) electrons. The third-order valence-corrected chi connectivity index (χ3v) is 3.20. The number of nitrogens with zero attached hydrogens (tertiary/aromatic N) is 1. The summed E-state index contributed by atoms with van der Waals surface area (Å²) in [6, 6.07) is 0. The van der Waals surface area contributed by atoms with Gasteiger partial charge in [0.25, 0.3) is 0 Å². The van der Waals surface area contributed by atoms with Gasteiger partial charge < -0.3 is 9.64 Å². The predicted molar refractivity (Wildman–Crippen MR) is 74.6 cm³/mol. The van der Waals surface area contributed by atoms with Crippen LogP contribution in [0.1, 0.15) is 52.9 Å². The van der Waals surface area contributed by atoms with Crippen molar-refractivity contribution in [2.75, 3.05) is 13.1 Å². The molecular formula is C15H27NO2. The van der Waals surface area contributed by atoms with Gasteiger partial charge in [0, 0.05) is 13.1 Å². The molecule has 1 aliphatic rings. The Bertz CT molecular complexity index is 275. The molecule has 3 heteroatoms. The molecule has 1 fully saturated rings. The van der Waals surface area contributed by atoms with Crippen molar-refractivity contribution in [1.82, 2.24) is 4.90 Å². The first-order valence-electron chi connectivity index (χ1n) is 7.01. The number of rotatable bonds is 4. The summed E-state index contributed by atoms with van der Waals surface area (Å²) in [7, 11) is 0. The Balaban J connectivity index is 2.52. The van der Waals surface area contributed by atoms with Gasteiger partial charge in [-0.3, -0.25) is 0 Å². The van der Waals surface area contributed by atoms with E-state index in [1.54, 1.807) is 11.0 Å². The van der Waals surface area contributed by atoms with E-state index >= 15 is 0 Å². The second-order valence-electron chi connectivity index (χ2n) is 6.18. The first-order chi connectivity index (χ1) is 8.42. The van der Waals surface area contributed by atoms with Gasteiger partial charge in [-0.2, -0.15) is 0 Å². The van der Waals surface area contributed by atoms with E-state index < -0.39 is 5.60 Å². The average molecular weight is 253 g/mol. The SMILES string of the molecule is C=CCN(CC1CCCCC1)C(=O)OC(C)(C)C. The van der Waals surface area contributed by atoms with Crippen molar-refractivity contribution in [3.05, 3.63) is 12.7 Å². The van der Waals surface area contributed by atoms with Gasteiger partial charge in [0.15, 0.2) is 0 Å². The number of amides is 1. The minimum Gasteiger partial charge on any atom is -0.444 e. The summed E-state index contributed by atoms with van der Waals surface area (Å²) in [5, 5.41) is 0. The summed E-state index contributed by atoms with van der Waals surface area (Å²) in [6.45, 7) is 10.8. The molecule has 104 valence electrons. The van der Waals surface area contributed by atoms with Crippen molar-refractivity contribution in [3.63, 3.8) is 0 Å². The Morgan fingerprint density at radius 2 is 1.94 bits per heavy atom. The normalized spacial score (nSPS) is 17.3. The lowest BCUT2D eigenvalue weighted by Gasteiger charge is -2.31.